The summed E-state index contributed by atoms with van der Waals surface area (Å²) in [5.74, 6) is 3.17. The third-order valence-electron chi connectivity index (χ3n) is 5.80. The van der Waals surface area contributed by atoms with Crippen molar-refractivity contribution < 1.29 is 9.47 Å². The van der Waals surface area contributed by atoms with E-state index in [0.29, 0.717) is 18.7 Å². The van der Waals surface area contributed by atoms with E-state index in [4.69, 9.17) is 9.47 Å². The minimum absolute atomic E-state index is 0.448. The van der Waals surface area contributed by atoms with Crippen LogP contribution in [-0.2, 0) is 6.54 Å². The number of methoxy groups -OCH3 is 1. The lowest BCUT2D eigenvalue weighted by atomic mass is 9.99. The van der Waals surface area contributed by atoms with E-state index in [1.165, 1.54) is 24.8 Å². The molecule has 2 aliphatic rings. The molecule has 0 spiro atoms. The zero-order valence-corrected chi connectivity index (χ0v) is 16.3. The molecule has 2 heterocycles. The highest BCUT2D eigenvalue weighted by Gasteiger charge is 2.45. The van der Waals surface area contributed by atoms with Gasteiger partial charge in [0.1, 0.15) is 18.1 Å². The Morgan fingerprint density at radius 3 is 2.67 bits per heavy atom. The largest absolute Gasteiger partial charge is 0.497 e. The van der Waals surface area contributed by atoms with Gasteiger partial charge in [-0.3, -0.25) is 4.90 Å². The van der Waals surface area contributed by atoms with E-state index in [9.17, 15) is 0 Å². The summed E-state index contributed by atoms with van der Waals surface area (Å²) >= 11 is 0. The van der Waals surface area contributed by atoms with Crippen LogP contribution >= 0.6 is 0 Å². The Balaban J connectivity index is 1.43. The summed E-state index contributed by atoms with van der Waals surface area (Å²) in [4.78, 5) is 13.4. The molecule has 0 unspecified atom stereocenters. The van der Waals surface area contributed by atoms with Gasteiger partial charge in [0.2, 0.25) is 5.95 Å². The first-order chi connectivity index (χ1) is 13.1. The van der Waals surface area contributed by atoms with Gasteiger partial charge >= 0.3 is 0 Å². The smallest absolute Gasteiger partial charge is 0.224 e. The van der Waals surface area contributed by atoms with Crippen LogP contribution in [0.25, 0.3) is 0 Å². The van der Waals surface area contributed by atoms with Gasteiger partial charge in [0.25, 0.3) is 0 Å². The second-order valence-electron chi connectivity index (χ2n) is 7.74. The molecule has 3 atom stereocenters. The number of fused-ring (bicyclic) bond motifs is 2. The van der Waals surface area contributed by atoms with Gasteiger partial charge in [-0.05, 0) is 37.3 Å². The van der Waals surface area contributed by atoms with Gasteiger partial charge in [0.15, 0.2) is 0 Å². The summed E-state index contributed by atoms with van der Waals surface area (Å²) in [5, 5.41) is 0. The molecule has 0 radical (unpaired) electrons. The van der Waals surface area contributed by atoms with Crippen molar-refractivity contribution in [2.24, 2.45) is 5.92 Å². The van der Waals surface area contributed by atoms with E-state index in [2.05, 4.69) is 14.9 Å². The highest BCUT2D eigenvalue weighted by molar-refractivity contribution is 5.33. The Morgan fingerprint density at radius 1 is 1.15 bits per heavy atom. The molecular weight excluding hydrogens is 340 g/mol. The lowest BCUT2D eigenvalue weighted by Gasteiger charge is -2.35. The average molecular weight is 368 g/mol. The SMILES string of the molecule is COc1cccc(OC[C@H]2[C@H]3CC[C@H](C3)N2Cc2cnc(N(C)C)nc2)c1. The maximum atomic E-state index is 6.14. The fraction of sp³-hybridized carbons (Fsp3) is 0.524. The fourth-order valence-corrected chi connectivity index (χ4v) is 4.41. The maximum Gasteiger partial charge on any atom is 0.224 e. The van der Waals surface area contributed by atoms with E-state index in [-0.39, 0.29) is 0 Å². The van der Waals surface area contributed by atoms with Crippen LogP contribution in [0.2, 0.25) is 0 Å². The Kier molecular flexibility index (Phi) is 5.16. The zero-order valence-electron chi connectivity index (χ0n) is 16.3. The van der Waals surface area contributed by atoms with Crippen molar-refractivity contribution in [3.8, 4) is 11.5 Å². The predicted octanol–water partition coefficient (Wildman–Crippen LogP) is 2.98. The minimum atomic E-state index is 0.448. The van der Waals surface area contributed by atoms with Gasteiger partial charge in [-0.1, -0.05) is 6.07 Å². The molecule has 1 saturated carbocycles. The molecule has 1 aliphatic heterocycles. The number of aromatic nitrogens is 2. The van der Waals surface area contributed by atoms with E-state index >= 15 is 0 Å². The third kappa shape index (κ3) is 3.86. The molecule has 2 fully saturated rings. The molecular formula is C21H28N4O2. The van der Waals surface area contributed by atoms with E-state index in [1.54, 1.807) is 7.11 Å². The number of hydrogen-bond donors (Lipinski definition) is 0. The predicted molar refractivity (Wildman–Crippen MR) is 105 cm³/mol. The van der Waals surface area contributed by atoms with Crippen LogP contribution < -0.4 is 14.4 Å². The van der Waals surface area contributed by atoms with Crippen LogP contribution in [0.5, 0.6) is 11.5 Å². The summed E-state index contributed by atoms with van der Waals surface area (Å²) in [5.41, 5.74) is 1.17. The van der Waals surface area contributed by atoms with Gasteiger partial charge in [-0.15, -0.1) is 0 Å². The van der Waals surface area contributed by atoms with Crippen molar-refractivity contribution in [3.63, 3.8) is 0 Å². The Bertz CT molecular complexity index is 765. The van der Waals surface area contributed by atoms with Crippen molar-refractivity contribution in [1.29, 1.82) is 0 Å². The molecule has 0 amide bonds. The van der Waals surface area contributed by atoms with Crippen molar-refractivity contribution in [1.82, 2.24) is 14.9 Å². The molecule has 2 aromatic rings. The molecule has 1 aliphatic carbocycles. The first kappa shape index (κ1) is 18.0. The van der Waals surface area contributed by atoms with Crippen molar-refractivity contribution in [2.45, 2.75) is 37.9 Å². The van der Waals surface area contributed by atoms with Crippen molar-refractivity contribution in [2.75, 3.05) is 32.7 Å². The van der Waals surface area contributed by atoms with Gasteiger partial charge in [0.05, 0.1) is 7.11 Å². The Hall–Kier alpha value is -2.34. The summed E-state index contributed by atoms with van der Waals surface area (Å²) in [6.45, 7) is 1.60. The van der Waals surface area contributed by atoms with Crippen LogP contribution in [0.15, 0.2) is 36.7 Å². The highest BCUT2D eigenvalue weighted by atomic mass is 16.5. The fourth-order valence-electron chi connectivity index (χ4n) is 4.41. The average Bonchev–Trinajstić information content (AvgIpc) is 3.29. The summed E-state index contributed by atoms with van der Waals surface area (Å²) < 4.78 is 11.4. The van der Waals surface area contributed by atoms with Crippen LogP contribution in [0.1, 0.15) is 24.8 Å². The number of anilines is 1. The van der Waals surface area contributed by atoms with E-state index in [1.807, 2.05) is 55.7 Å². The first-order valence-electron chi connectivity index (χ1n) is 9.65. The van der Waals surface area contributed by atoms with Crippen LogP contribution in [-0.4, -0.2) is 54.8 Å². The monoisotopic (exact) mass is 368 g/mol. The lowest BCUT2D eigenvalue weighted by molar-refractivity contribution is 0.0865. The molecule has 1 aromatic carbocycles. The molecule has 144 valence electrons. The molecule has 1 aromatic heterocycles. The number of hydrogen-bond acceptors (Lipinski definition) is 6. The lowest BCUT2D eigenvalue weighted by Crippen LogP contribution is -2.43. The van der Waals surface area contributed by atoms with E-state index in [0.717, 1.165) is 29.9 Å². The van der Waals surface area contributed by atoms with Gasteiger partial charge in [-0.2, -0.15) is 0 Å². The molecule has 1 saturated heterocycles. The maximum absolute atomic E-state index is 6.14. The highest BCUT2D eigenvalue weighted by Crippen LogP contribution is 2.43. The molecule has 6 heteroatoms. The molecule has 0 N–H and O–H groups in total. The number of nitrogens with zero attached hydrogens (tertiary/aromatic N) is 4. The zero-order chi connectivity index (χ0) is 18.8. The summed E-state index contributed by atoms with van der Waals surface area (Å²) in [7, 11) is 5.60. The summed E-state index contributed by atoms with van der Waals surface area (Å²) in [6, 6.07) is 8.95. The normalized spacial score (nSPS) is 24.2. The third-order valence-corrected chi connectivity index (χ3v) is 5.80. The van der Waals surface area contributed by atoms with Gasteiger partial charge < -0.3 is 14.4 Å². The van der Waals surface area contributed by atoms with E-state index < -0.39 is 0 Å². The Labute approximate surface area is 161 Å². The van der Waals surface area contributed by atoms with Crippen LogP contribution in [0.4, 0.5) is 5.95 Å². The Morgan fingerprint density at radius 2 is 1.93 bits per heavy atom. The first-order valence-corrected chi connectivity index (χ1v) is 9.65. The standard InChI is InChI=1S/C21H28N4O2/c1-24(2)21-22-11-15(12-23-21)13-25-17-8-7-16(9-17)20(25)14-27-19-6-4-5-18(10-19)26-3/h4-6,10-12,16-17,20H,7-9,13-14H2,1-3H3/t16-,17+,20-/m0/s1. The number of likely N-dealkylation sites (tertiary alicyclic amines) is 1. The van der Waals surface area contributed by atoms with Crippen molar-refractivity contribution in [3.05, 3.63) is 42.2 Å². The quantitative estimate of drug-likeness (QED) is 0.749. The van der Waals surface area contributed by atoms with Crippen molar-refractivity contribution >= 4 is 5.95 Å². The van der Waals surface area contributed by atoms with Gasteiger partial charge in [0, 0.05) is 56.7 Å². The number of benzene rings is 1. The van der Waals surface area contributed by atoms with Crippen LogP contribution in [0.3, 0.4) is 0 Å². The number of piperidine rings is 1. The minimum Gasteiger partial charge on any atom is -0.497 e. The molecule has 27 heavy (non-hydrogen) atoms. The summed E-state index contributed by atoms with van der Waals surface area (Å²) in [6.07, 6.45) is 7.78. The number of rotatable bonds is 7. The second-order valence-corrected chi connectivity index (χ2v) is 7.74. The van der Waals surface area contributed by atoms with Crippen LogP contribution in [0, 0.1) is 5.92 Å². The van der Waals surface area contributed by atoms with Gasteiger partial charge in [-0.25, -0.2) is 9.97 Å². The molecule has 6 nitrogen and oxygen atoms in total. The molecule has 2 bridgehead atoms. The number of ether oxygens (including phenoxy) is 2. The second kappa shape index (κ2) is 7.72. The topological polar surface area (TPSA) is 50.7 Å². The molecule has 4 rings (SSSR count).